The number of rotatable bonds is 3. The Morgan fingerprint density at radius 2 is 1.74 bits per heavy atom. The molecule has 3 aromatic rings. The Bertz CT molecular complexity index is 703. The molecule has 0 aliphatic heterocycles. The minimum Gasteiger partial charge on any atom is -0.320 e. The second-order valence-corrected chi connectivity index (χ2v) is 6.17. The van der Waals surface area contributed by atoms with Gasteiger partial charge in [-0.25, -0.2) is 0 Å². The topological polar surface area (TPSA) is 26.0 Å². The van der Waals surface area contributed by atoms with E-state index in [9.17, 15) is 0 Å². The van der Waals surface area contributed by atoms with Crippen LogP contribution >= 0.6 is 23.1 Å². The molecule has 1 nitrogen and oxygen atoms in total. The van der Waals surface area contributed by atoms with E-state index in [2.05, 4.69) is 60.2 Å². The van der Waals surface area contributed by atoms with Crippen molar-refractivity contribution in [1.29, 1.82) is 0 Å². The monoisotopic (exact) mass is 285 g/mol. The lowest BCUT2D eigenvalue weighted by Gasteiger charge is -2.15. The Morgan fingerprint density at radius 1 is 1.00 bits per heavy atom. The van der Waals surface area contributed by atoms with E-state index in [0.29, 0.717) is 0 Å². The van der Waals surface area contributed by atoms with Gasteiger partial charge < -0.3 is 5.73 Å². The van der Waals surface area contributed by atoms with Crippen LogP contribution in [0.5, 0.6) is 0 Å². The number of benzene rings is 2. The zero-order valence-electron chi connectivity index (χ0n) is 10.7. The van der Waals surface area contributed by atoms with Crippen molar-refractivity contribution in [3.63, 3.8) is 0 Å². The highest BCUT2D eigenvalue weighted by Gasteiger charge is 2.16. The van der Waals surface area contributed by atoms with E-state index in [4.69, 9.17) is 5.73 Å². The van der Waals surface area contributed by atoms with Crippen LogP contribution in [0.25, 0.3) is 10.1 Å². The average Bonchev–Trinajstić information content (AvgIpc) is 2.90. The van der Waals surface area contributed by atoms with Crippen molar-refractivity contribution in [3.8, 4) is 0 Å². The largest absolute Gasteiger partial charge is 0.320 e. The summed E-state index contributed by atoms with van der Waals surface area (Å²) < 4.78 is 1.30. The second kappa shape index (κ2) is 5.37. The van der Waals surface area contributed by atoms with Gasteiger partial charge in [-0.1, -0.05) is 36.4 Å². The molecule has 1 unspecified atom stereocenters. The first-order valence-electron chi connectivity index (χ1n) is 6.16. The molecule has 0 amide bonds. The maximum Gasteiger partial charge on any atom is 0.0577 e. The lowest BCUT2D eigenvalue weighted by atomic mass is 9.99. The van der Waals surface area contributed by atoms with Crippen molar-refractivity contribution >= 4 is 33.2 Å². The lowest BCUT2D eigenvalue weighted by molar-refractivity contribution is 0.860. The van der Waals surface area contributed by atoms with E-state index in [0.717, 1.165) is 0 Å². The van der Waals surface area contributed by atoms with Gasteiger partial charge in [0.15, 0.2) is 0 Å². The minimum atomic E-state index is -0.0557. The molecule has 3 heteroatoms. The molecule has 2 N–H and O–H groups in total. The van der Waals surface area contributed by atoms with Gasteiger partial charge in [0.25, 0.3) is 0 Å². The van der Waals surface area contributed by atoms with E-state index in [1.807, 2.05) is 0 Å². The summed E-state index contributed by atoms with van der Waals surface area (Å²) in [6.07, 6.45) is 2.09. The normalized spacial score (nSPS) is 12.7. The predicted octanol–water partition coefficient (Wildman–Crippen LogP) is 4.67. The van der Waals surface area contributed by atoms with Crippen molar-refractivity contribution in [2.45, 2.75) is 10.9 Å². The van der Waals surface area contributed by atoms with Crippen LogP contribution in [0.3, 0.4) is 0 Å². The molecule has 0 radical (unpaired) electrons. The van der Waals surface area contributed by atoms with Crippen LogP contribution < -0.4 is 5.73 Å². The molecule has 0 aliphatic rings. The number of fused-ring (bicyclic) bond motifs is 1. The number of hydrogen-bond donors (Lipinski definition) is 1. The smallest absolute Gasteiger partial charge is 0.0577 e. The highest BCUT2D eigenvalue weighted by atomic mass is 32.2. The van der Waals surface area contributed by atoms with Gasteiger partial charge in [0, 0.05) is 9.60 Å². The highest BCUT2D eigenvalue weighted by molar-refractivity contribution is 7.98. The Kier molecular flexibility index (Phi) is 3.60. The van der Waals surface area contributed by atoms with Crippen LogP contribution in [-0.2, 0) is 0 Å². The summed E-state index contributed by atoms with van der Waals surface area (Å²) in [5.74, 6) is 0. The van der Waals surface area contributed by atoms with Gasteiger partial charge in [-0.3, -0.25) is 0 Å². The van der Waals surface area contributed by atoms with Crippen molar-refractivity contribution in [1.82, 2.24) is 0 Å². The Morgan fingerprint density at radius 3 is 2.58 bits per heavy atom. The van der Waals surface area contributed by atoms with Crippen LogP contribution in [-0.4, -0.2) is 6.26 Å². The molecule has 0 bridgehead atoms. The van der Waals surface area contributed by atoms with E-state index in [1.54, 1.807) is 23.1 Å². The molecule has 3 rings (SSSR count). The van der Waals surface area contributed by atoms with Gasteiger partial charge in [0.1, 0.15) is 0 Å². The summed E-state index contributed by atoms with van der Waals surface area (Å²) in [5.41, 5.74) is 8.93. The predicted molar refractivity (Wildman–Crippen MR) is 86.1 cm³/mol. The molecular formula is C16H15NS2. The lowest BCUT2D eigenvalue weighted by Crippen LogP contribution is -2.12. The standard InChI is InChI=1S/C16H15NS2/c1-18-14-8-4-3-7-12(14)16(17)13-10-19-15-9-5-2-6-11(13)15/h2-10,16H,17H2,1H3. The van der Waals surface area contributed by atoms with Crippen molar-refractivity contribution < 1.29 is 0 Å². The summed E-state index contributed by atoms with van der Waals surface area (Å²) in [4.78, 5) is 1.25. The third kappa shape index (κ3) is 2.29. The third-order valence-corrected chi connectivity index (χ3v) is 5.11. The van der Waals surface area contributed by atoms with Gasteiger partial charge in [0.05, 0.1) is 6.04 Å². The fraction of sp³-hybridized carbons (Fsp3) is 0.125. The molecule has 0 fully saturated rings. The maximum absolute atomic E-state index is 6.50. The fourth-order valence-electron chi connectivity index (χ4n) is 2.33. The zero-order valence-corrected chi connectivity index (χ0v) is 12.3. The minimum absolute atomic E-state index is 0.0557. The van der Waals surface area contributed by atoms with Crippen LogP contribution in [0.4, 0.5) is 0 Å². The fourth-order valence-corrected chi connectivity index (χ4v) is 3.97. The summed E-state index contributed by atoms with van der Waals surface area (Å²) in [6.45, 7) is 0. The van der Waals surface area contributed by atoms with Crippen LogP contribution in [0, 0.1) is 0 Å². The second-order valence-electron chi connectivity index (χ2n) is 4.41. The first-order valence-corrected chi connectivity index (χ1v) is 8.26. The number of nitrogens with two attached hydrogens (primary N) is 1. The van der Waals surface area contributed by atoms with Gasteiger partial charge in [0.2, 0.25) is 0 Å². The maximum atomic E-state index is 6.50. The Hall–Kier alpha value is -1.29. The molecule has 2 aromatic carbocycles. The van der Waals surface area contributed by atoms with Crippen LogP contribution in [0.2, 0.25) is 0 Å². The molecule has 1 aromatic heterocycles. The zero-order chi connectivity index (χ0) is 13.2. The van der Waals surface area contributed by atoms with Crippen molar-refractivity contribution in [3.05, 3.63) is 65.0 Å². The molecule has 0 aliphatic carbocycles. The average molecular weight is 285 g/mol. The highest BCUT2D eigenvalue weighted by Crippen LogP contribution is 2.35. The van der Waals surface area contributed by atoms with Gasteiger partial charge in [-0.05, 0) is 40.3 Å². The van der Waals surface area contributed by atoms with Gasteiger partial charge in [-0.2, -0.15) is 0 Å². The number of hydrogen-bond acceptors (Lipinski definition) is 3. The molecule has 96 valence electrons. The summed E-state index contributed by atoms with van der Waals surface area (Å²) in [5, 5.41) is 3.46. The molecule has 19 heavy (non-hydrogen) atoms. The van der Waals surface area contributed by atoms with E-state index in [1.165, 1.54) is 26.1 Å². The van der Waals surface area contributed by atoms with Gasteiger partial charge >= 0.3 is 0 Å². The summed E-state index contributed by atoms with van der Waals surface area (Å²) in [7, 11) is 0. The Labute approximate surface area is 121 Å². The molecule has 0 saturated carbocycles. The molecule has 0 saturated heterocycles. The molecular weight excluding hydrogens is 270 g/mol. The number of thioether (sulfide) groups is 1. The van der Waals surface area contributed by atoms with Crippen molar-refractivity contribution in [2.24, 2.45) is 5.73 Å². The molecule has 0 spiro atoms. The Balaban J connectivity index is 2.11. The summed E-state index contributed by atoms with van der Waals surface area (Å²) >= 11 is 3.51. The van der Waals surface area contributed by atoms with E-state index in [-0.39, 0.29) is 6.04 Å². The quantitative estimate of drug-likeness (QED) is 0.708. The van der Waals surface area contributed by atoms with Gasteiger partial charge in [-0.15, -0.1) is 23.1 Å². The first kappa shape index (κ1) is 12.7. The molecule has 1 heterocycles. The van der Waals surface area contributed by atoms with Crippen LogP contribution in [0.15, 0.2) is 58.8 Å². The van der Waals surface area contributed by atoms with Crippen molar-refractivity contribution in [2.75, 3.05) is 6.26 Å². The summed E-state index contributed by atoms with van der Waals surface area (Å²) in [6, 6.07) is 16.8. The van der Waals surface area contributed by atoms with E-state index < -0.39 is 0 Å². The molecule has 1 atom stereocenters. The first-order chi connectivity index (χ1) is 9.31. The number of thiophene rings is 1. The van der Waals surface area contributed by atoms with E-state index >= 15 is 0 Å². The SMILES string of the molecule is CSc1ccccc1C(N)c1csc2ccccc12. The van der Waals surface area contributed by atoms with Crippen LogP contribution in [0.1, 0.15) is 17.2 Å². The third-order valence-electron chi connectivity index (χ3n) is 3.32.